The van der Waals surface area contributed by atoms with Crippen molar-refractivity contribution in [2.24, 2.45) is 0 Å². The molecular formula is C15H16BN3O2. The van der Waals surface area contributed by atoms with Crippen molar-refractivity contribution in [1.29, 1.82) is 0 Å². The number of carbonyl (C=O) groups excluding carboxylic acids is 1. The molecule has 106 valence electrons. The van der Waals surface area contributed by atoms with Gasteiger partial charge in [-0.3, -0.25) is 4.79 Å². The molecule has 0 N–H and O–H groups in total. The summed E-state index contributed by atoms with van der Waals surface area (Å²) in [7, 11) is 2.04. The first-order valence-electron chi connectivity index (χ1n) is 7.02. The standard InChI is InChI=1S/C15H16BN3O2/c16-12-3-1-11(2-4-12)13-5-6-14(18-17-13)15(20)19-7-9-21-10-8-19/h1-6H,7-10,16H2. The smallest absolute Gasteiger partial charge is 0.274 e. The van der Waals surface area contributed by atoms with Crippen LogP contribution >= 0.6 is 0 Å². The zero-order valence-corrected chi connectivity index (χ0v) is 12.0. The molecule has 3 rings (SSSR count). The number of amides is 1. The Hall–Kier alpha value is -2.21. The molecule has 1 saturated heterocycles. The molecule has 2 heterocycles. The summed E-state index contributed by atoms with van der Waals surface area (Å²) in [4.78, 5) is 14.0. The lowest BCUT2D eigenvalue weighted by Gasteiger charge is -2.26. The molecule has 1 aromatic carbocycles. The van der Waals surface area contributed by atoms with Crippen LogP contribution in [0.25, 0.3) is 11.3 Å². The number of rotatable bonds is 2. The molecule has 0 atom stereocenters. The minimum atomic E-state index is -0.0822. The normalized spacial score (nSPS) is 15.0. The van der Waals surface area contributed by atoms with Crippen molar-refractivity contribution in [1.82, 2.24) is 15.1 Å². The number of aromatic nitrogens is 2. The van der Waals surface area contributed by atoms with E-state index in [4.69, 9.17) is 4.74 Å². The Kier molecular flexibility index (Phi) is 3.97. The van der Waals surface area contributed by atoms with Crippen LogP contribution in [0.1, 0.15) is 10.5 Å². The van der Waals surface area contributed by atoms with E-state index in [1.54, 1.807) is 11.0 Å². The molecule has 5 nitrogen and oxygen atoms in total. The van der Waals surface area contributed by atoms with E-state index in [0.29, 0.717) is 32.0 Å². The maximum absolute atomic E-state index is 12.3. The molecule has 1 aliphatic rings. The molecule has 2 aromatic rings. The molecule has 1 aliphatic heterocycles. The summed E-state index contributed by atoms with van der Waals surface area (Å²) in [6.07, 6.45) is 0. The largest absolute Gasteiger partial charge is 0.378 e. The van der Waals surface area contributed by atoms with Crippen LogP contribution in [0.5, 0.6) is 0 Å². The fraction of sp³-hybridized carbons (Fsp3) is 0.267. The van der Waals surface area contributed by atoms with Crippen LogP contribution < -0.4 is 5.46 Å². The second-order valence-electron chi connectivity index (χ2n) is 5.07. The maximum Gasteiger partial charge on any atom is 0.274 e. The third-order valence-electron chi connectivity index (χ3n) is 3.53. The van der Waals surface area contributed by atoms with Crippen LogP contribution in [0.4, 0.5) is 0 Å². The monoisotopic (exact) mass is 281 g/mol. The molecule has 1 amide bonds. The topological polar surface area (TPSA) is 55.3 Å². The molecule has 0 aliphatic carbocycles. The first kappa shape index (κ1) is 13.8. The molecule has 0 spiro atoms. The second-order valence-corrected chi connectivity index (χ2v) is 5.07. The van der Waals surface area contributed by atoms with E-state index >= 15 is 0 Å². The van der Waals surface area contributed by atoms with Crippen molar-refractivity contribution in [3.63, 3.8) is 0 Å². The van der Waals surface area contributed by atoms with E-state index in [1.165, 1.54) is 5.46 Å². The van der Waals surface area contributed by atoms with E-state index in [2.05, 4.69) is 10.2 Å². The average Bonchev–Trinajstić information content (AvgIpc) is 2.56. The van der Waals surface area contributed by atoms with Gasteiger partial charge in [0.2, 0.25) is 0 Å². The van der Waals surface area contributed by atoms with E-state index < -0.39 is 0 Å². The Balaban J connectivity index is 1.77. The first-order chi connectivity index (χ1) is 10.2. The van der Waals surface area contributed by atoms with Crippen molar-refractivity contribution in [2.75, 3.05) is 26.3 Å². The van der Waals surface area contributed by atoms with Crippen LogP contribution in [0, 0.1) is 0 Å². The van der Waals surface area contributed by atoms with Gasteiger partial charge in [0.15, 0.2) is 5.69 Å². The van der Waals surface area contributed by atoms with Crippen LogP contribution in [0.15, 0.2) is 36.4 Å². The molecule has 0 unspecified atom stereocenters. The van der Waals surface area contributed by atoms with E-state index in [9.17, 15) is 4.79 Å². The Bertz CT molecular complexity index is 622. The summed E-state index contributed by atoms with van der Waals surface area (Å²) in [5, 5.41) is 8.24. The van der Waals surface area contributed by atoms with Crippen LogP contribution in [0.2, 0.25) is 0 Å². The summed E-state index contributed by atoms with van der Waals surface area (Å²) in [5.74, 6) is -0.0822. The van der Waals surface area contributed by atoms with Gasteiger partial charge in [0.05, 0.1) is 18.9 Å². The van der Waals surface area contributed by atoms with E-state index in [-0.39, 0.29) is 5.91 Å². The van der Waals surface area contributed by atoms with Gasteiger partial charge in [-0.2, -0.15) is 0 Å². The predicted octanol–water partition coefficient (Wildman–Crippen LogP) is -0.126. The SMILES string of the molecule is Bc1ccc(-c2ccc(C(=O)N3CCOCC3)nn2)cc1. The lowest BCUT2D eigenvalue weighted by atomic mass is 9.95. The number of benzene rings is 1. The van der Waals surface area contributed by atoms with Crippen molar-refractivity contribution in [3.05, 3.63) is 42.1 Å². The molecule has 6 heteroatoms. The Morgan fingerprint density at radius 1 is 1.05 bits per heavy atom. The van der Waals surface area contributed by atoms with Gasteiger partial charge in [-0.1, -0.05) is 29.7 Å². The van der Waals surface area contributed by atoms with Gasteiger partial charge in [-0.25, -0.2) is 0 Å². The van der Waals surface area contributed by atoms with Crippen LogP contribution in [-0.4, -0.2) is 55.2 Å². The molecule has 0 saturated carbocycles. The quantitative estimate of drug-likeness (QED) is 0.720. The van der Waals surface area contributed by atoms with E-state index in [1.807, 2.05) is 38.2 Å². The van der Waals surface area contributed by atoms with Gasteiger partial charge < -0.3 is 9.64 Å². The minimum absolute atomic E-state index is 0.0822. The highest BCUT2D eigenvalue weighted by Gasteiger charge is 2.19. The molecule has 1 fully saturated rings. The van der Waals surface area contributed by atoms with Gasteiger partial charge in [0.25, 0.3) is 5.91 Å². The fourth-order valence-corrected chi connectivity index (χ4v) is 2.25. The lowest BCUT2D eigenvalue weighted by Crippen LogP contribution is -2.41. The Labute approximate surface area is 124 Å². The van der Waals surface area contributed by atoms with Gasteiger partial charge in [-0.05, 0) is 12.1 Å². The summed E-state index contributed by atoms with van der Waals surface area (Å²) < 4.78 is 5.24. The van der Waals surface area contributed by atoms with Crippen molar-refractivity contribution in [3.8, 4) is 11.3 Å². The van der Waals surface area contributed by atoms with Crippen LogP contribution in [0.3, 0.4) is 0 Å². The highest BCUT2D eigenvalue weighted by atomic mass is 16.5. The molecule has 21 heavy (non-hydrogen) atoms. The van der Waals surface area contributed by atoms with Crippen molar-refractivity contribution in [2.45, 2.75) is 0 Å². The first-order valence-corrected chi connectivity index (χ1v) is 7.02. The number of hydrogen-bond acceptors (Lipinski definition) is 4. The molecule has 0 radical (unpaired) electrons. The summed E-state index contributed by atoms with van der Waals surface area (Å²) in [6, 6.07) is 11.6. The maximum atomic E-state index is 12.3. The predicted molar refractivity (Wildman–Crippen MR) is 82.4 cm³/mol. The zero-order valence-electron chi connectivity index (χ0n) is 12.0. The molecular weight excluding hydrogens is 265 g/mol. The third kappa shape index (κ3) is 3.11. The fourth-order valence-electron chi connectivity index (χ4n) is 2.25. The minimum Gasteiger partial charge on any atom is -0.378 e. The second kappa shape index (κ2) is 6.05. The van der Waals surface area contributed by atoms with Crippen molar-refractivity contribution < 1.29 is 9.53 Å². The van der Waals surface area contributed by atoms with E-state index in [0.717, 1.165) is 11.3 Å². The number of morpholine rings is 1. The average molecular weight is 281 g/mol. The number of carbonyl (C=O) groups is 1. The third-order valence-corrected chi connectivity index (χ3v) is 3.53. The highest BCUT2D eigenvalue weighted by molar-refractivity contribution is 6.32. The molecule has 0 bridgehead atoms. The number of hydrogen-bond donors (Lipinski definition) is 0. The summed E-state index contributed by atoms with van der Waals surface area (Å²) in [6.45, 7) is 2.39. The highest BCUT2D eigenvalue weighted by Crippen LogP contribution is 2.15. The zero-order chi connectivity index (χ0) is 14.7. The molecule has 1 aromatic heterocycles. The number of ether oxygens (including phenoxy) is 1. The Morgan fingerprint density at radius 2 is 1.76 bits per heavy atom. The van der Waals surface area contributed by atoms with Crippen molar-refractivity contribution >= 4 is 19.2 Å². The van der Waals surface area contributed by atoms with Gasteiger partial charge in [-0.15, -0.1) is 10.2 Å². The van der Waals surface area contributed by atoms with Gasteiger partial charge in [0.1, 0.15) is 7.85 Å². The van der Waals surface area contributed by atoms with Crippen LogP contribution in [-0.2, 0) is 4.74 Å². The van der Waals surface area contributed by atoms with Gasteiger partial charge in [0, 0.05) is 18.7 Å². The summed E-state index contributed by atoms with van der Waals surface area (Å²) in [5.41, 5.74) is 3.35. The Morgan fingerprint density at radius 3 is 2.38 bits per heavy atom. The number of nitrogens with zero attached hydrogens (tertiary/aromatic N) is 3. The lowest BCUT2D eigenvalue weighted by molar-refractivity contribution is 0.0298. The van der Waals surface area contributed by atoms with Gasteiger partial charge >= 0.3 is 0 Å². The summed E-state index contributed by atoms with van der Waals surface area (Å²) >= 11 is 0.